The lowest BCUT2D eigenvalue weighted by Crippen LogP contribution is -2.37. The Kier molecular flexibility index (Phi) is 4.41. The van der Waals surface area contributed by atoms with Crippen molar-refractivity contribution in [3.05, 3.63) is 30.1 Å². The molecule has 0 heterocycles. The Morgan fingerprint density at radius 2 is 2.06 bits per heavy atom. The Hall–Kier alpha value is -1.21. The first kappa shape index (κ1) is 13.9. The molecular weight excluding hydrogens is 263 g/mol. The summed E-state index contributed by atoms with van der Waals surface area (Å²) in [5, 5.41) is 0. The number of nitrogens with two attached hydrogens (primary N) is 1. The van der Waals surface area contributed by atoms with Crippen molar-refractivity contribution in [1.29, 1.82) is 0 Å². The van der Waals surface area contributed by atoms with Crippen LogP contribution in [0.15, 0.2) is 24.3 Å². The molecule has 0 unspecified atom stereocenters. The quantitative estimate of drug-likeness (QED) is 0.823. The number of hydrogen-bond donors (Lipinski definition) is 1. The van der Waals surface area contributed by atoms with Gasteiger partial charge in [-0.2, -0.15) is 0 Å². The predicted molar refractivity (Wildman–Crippen MR) is 70.0 cm³/mol. The maximum Gasteiger partial charge on any atom is 0.241 e. The molecule has 0 amide bonds. The van der Waals surface area contributed by atoms with Crippen LogP contribution in [-0.4, -0.2) is 25.7 Å². The second kappa shape index (κ2) is 5.42. The maximum atomic E-state index is 13.5. The second-order valence-electron chi connectivity index (χ2n) is 3.34. The highest BCUT2D eigenvalue weighted by atomic mass is 32.2. The first-order valence-corrected chi connectivity index (χ1v) is 6.93. The average molecular weight is 276 g/mol. The lowest BCUT2D eigenvalue weighted by atomic mass is 10.3. The van der Waals surface area contributed by atoms with Gasteiger partial charge in [-0.25, -0.2) is 12.8 Å². The van der Waals surface area contributed by atoms with Crippen LogP contribution in [0.4, 0.5) is 10.1 Å². The summed E-state index contributed by atoms with van der Waals surface area (Å²) in [5.74, 6) is -1.06. The molecule has 0 atom stereocenters. The number of hydrogen-bond acceptors (Lipinski definition) is 3. The molecular formula is C10H13FN2O2S2. The van der Waals surface area contributed by atoms with E-state index >= 15 is 0 Å². The number of halogens is 1. The summed E-state index contributed by atoms with van der Waals surface area (Å²) in [6.07, 6.45) is 0. The van der Waals surface area contributed by atoms with E-state index in [1.54, 1.807) is 13.0 Å². The number of para-hydroxylation sites is 1. The van der Waals surface area contributed by atoms with E-state index in [4.69, 9.17) is 5.73 Å². The van der Waals surface area contributed by atoms with Gasteiger partial charge in [0.1, 0.15) is 11.6 Å². The van der Waals surface area contributed by atoms with Gasteiger partial charge in [0.25, 0.3) is 0 Å². The van der Waals surface area contributed by atoms with E-state index in [9.17, 15) is 12.8 Å². The molecule has 4 nitrogen and oxygen atoms in total. The Balaban J connectivity index is 3.17. The second-order valence-corrected chi connectivity index (χ2v) is 5.76. The Morgan fingerprint density at radius 3 is 2.53 bits per heavy atom. The van der Waals surface area contributed by atoms with Gasteiger partial charge >= 0.3 is 0 Å². The average Bonchev–Trinajstić information content (AvgIpc) is 2.19. The van der Waals surface area contributed by atoms with E-state index in [-0.39, 0.29) is 17.2 Å². The Bertz CT molecular complexity index is 517. The summed E-state index contributed by atoms with van der Waals surface area (Å²) >= 11 is 4.57. The molecule has 2 N–H and O–H groups in total. The highest BCUT2D eigenvalue weighted by Gasteiger charge is 2.23. The molecule has 17 heavy (non-hydrogen) atoms. The number of nitrogens with zero attached hydrogens (tertiary/aromatic N) is 1. The molecule has 1 rings (SSSR count). The molecule has 0 aliphatic heterocycles. The minimum Gasteiger partial charge on any atom is -0.392 e. The SMILES string of the molecule is CCN(c1ccccc1F)S(=O)(=O)CC(N)=S. The summed E-state index contributed by atoms with van der Waals surface area (Å²) in [6, 6.07) is 5.66. The number of sulfonamides is 1. The Morgan fingerprint density at radius 1 is 1.47 bits per heavy atom. The molecule has 1 aromatic rings. The van der Waals surface area contributed by atoms with Crippen molar-refractivity contribution >= 4 is 32.9 Å². The van der Waals surface area contributed by atoms with E-state index in [0.717, 1.165) is 4.31 Å². The van der Waals surface area contributed by atoms with Crippen LogP contribution in [0.2, 0.25) is 0 Å². The van der Waals surface area contributed by atoms with Crippen LogP contribution < -0.4 is 10.0 Å². The van der Waals surface area contributed by atoms with Crippen molar-refractivity contribution in [1.82, 2.24) is 0 Å². The van der Waals surface area contributed by atoms with Crippen LogP contribution in [-0.2, 0) is 10.0 Å². The fourth-order valence-electron chi connectivity index (χ4n) is 1.43. The Labute approximate surface area is 105 Å². The summed E-state index contributed by atoms with van der Waals surface area (Å²) < 4.78 is 38.3. The minimum absolute atomic E-state index is 0.00579. The van der Waals surface area contributed by atoms with E-state index in [2.05, 4.69) is 12.2 Å². The lowest BCUT2D eigenvalue weighted by Gasteiger charge is -2.22. The highest BCUT2D eigenvalue weighted by molar-refractivity contribution is 7.95. The van der Waals surface area contributed by atoms with Gasteiger partial charge in [-0.1, -0.05) is 24.4 Å². The van der Waals surface area contributed by atoms with Gasteiger partial charge in [-0.15, -0.1) is 0 Å². The van der Waals surface area contributed by atoms with Gasteiger partial charge in [-0.3, -0.25) is 4.31 Å². The number of thiocarbonyl (C=S) groups is 1. The normalized spacial score (nSPS) is 11.2. The summed E-state index contributed by atoms with van der Waals surface area (Å²) in [4.78, 5) is -0.139. The van der Waals surface area contributed by atoms with Gasteiger partial charge in [0, 0.05) is 6.54 Å². The van der Waals surface area contributed by atoms with Crippen LogP contribution >= 0.6 is 12.2 Å². The minimum atomic E-state index is -3.72. The van der Waals surface area contributed by atoms with Crippen molar-refractivity contribution in [2.45, 2.75) is 6.92 Å². The van der Waals surface area contributed by atoms with E-state index in [1.165, 1.54) is 18.2 Å². The third-order valence-corrected chi connectivity index (χ3v) is 4.20. The zero-order valence-electron chi connectivity index (χ0n) is 9.26. The molecule has 0 spiro atoms. The molecule has 7 heteroatoms. The van der Waals surface area contributed by atoms with Crippen LogP contribution in [0.5, 0.6) is 0 Å². The third kappa shape index (κ3) is 3.37. The molecule has 94 valence electrons. The molecule has 0 bridgehead atoms. The van der Waals surface area contributed by atoms with Gasteiger partial charge in [-0.05, 0) is 19.1 Å². The van der Waals surface area contributed by atoms with Gasteiger partial charge in [0.15, 0.2) is 0 Å². The van der Waals surface area contributed by atoms with E-state index in [1.807, 2.05) is 0 Å². The van der Waals surface area contributed by atoms with Crippen molar-refractivity contribution in [2.75, 3.05) is 16.6 Å². The van der Waals surface area contributed by atoms with Crippen LogP contribution in [0, 0.1) is 5.82 Å². The largest absolute Gasteiger partial charge is 0.392 e. The van der Waals surface area contributed by atoms with Crippen molar-refractivity contribution < 1.29 is 12.8 Å². The topological polar surface area (TPSA) is 63.4 Å². The standard InChI is InChI=1S/C10H13FN2O2S2/c1-2-13(17(14,15)7-10(12)16)9-6-4-3-5-8(9)11/h3-6H,2,7H2,1H3,(H2,12,16). The fourth-order valence-corrected chi connectivity index (χ4v) is 3.23. The third-order valence-electron chi connectivity index (χ3n) is 2.07. The fraction of sp³-hybridized carbons (Fsp3) is 0.300. The summed E-state index contributed by atoms with van der Waals surface area (Å²) in [6.45, 7) is 1.73. The molecule has 0 fully saturated rings. The lowest BCUT2D eigenvalue weighted by molar-refractivity contribution is 0.590. The summed E-state index contributed by atoms with van der Waals surface area (Å²) in [7, 11) is -3.72. The molecule has 0 aliphatic rings. The van der Waals surface area contributed by atoms with Gasteiger partial charge in [0.2, 0.25) is 10.0 Å². The number of benzene rings is 1. The zero-order chi connectivity index (χ0) is 13.1. The van der Waals surface area contributed by atoms with Crippen molar-refractivity contribution in [3.63, 3.8) is 0 Å². The van der Waals surface area contributed by atoms with E-state index < -0.39 is 21.6 Å². The number of anilines is 1. The summed E-state index contributed by atoms with van der Waals surface area (Å²) in [5.41, 5.74) is 5.22. The zero-order valence-corrected chi connectivity index (χ0v) is 10.9. The molecule has 0 radical (unpaired) electrons. The number of rotatable bonds is 5. The predicted octanol–water partition coefficient (Wildman–Crippen LogP) is 1.27. The van der Waals surface area contributed by atoms with Crippen LogP contribution in [0.3, 0.4) is 0 Å². The van der Waals surface area contributed by atoms with Crippen molar-refractivity contribution in [3.8, 4) is 0 Å². The molecule has 0 aromatic heterocycles. The first-order valence-electron chi connectivity index (χ1n) is 4.91. The van der Waals surface area contributed by atoms with Gasteiger partial charge < -0.3 is 5.73 Å². The van der Waals surface area contributed by atoms with E-state index in [0.29, 0.717) is 0 Å². The smallest absolute Gasteiger partial charge is 0.241 e. The first-order chi connectivity index (χ1) is 7.88. The molecule has 0 saturated heterocycles. The molecule has 1 aromatic carbocycles. The van der Waals surface area contributed by atoms with Gasteiger partial charge in [0.05, 0.1) is 10.7 Å². The maximum absolute atomic E-state index is 13.5. The van der Waals surface area contributed by atoms with Crippen molar-refractivity contribution in [2.24, 2.45) is 5.73 Å². The highest BCUT2D eigenvalue weighted by Crippen LogP contribution is 2.21. The van der Waals surface area contributed by atoms with Crippen LogP contribution in [0.25, 0.3) is 0 Å². The van der Waals surface area contributed by atoms with Crippen LogP contribution in [0.1, 0.15) is 6.92 Å². The molecule has 0 aliphatic carbocycles. The monoisotopic (exact) mass is 276 g/mol. The molecule has 0 saturated carbocycles.